The van der Waals surface area contributed by atoms with Gasteiger partial charge in [-0.05, 0) is 13.0 Å². The number of aliphatic hydroxyl groups is 1. The largest absolute Gasteiger partial charge is 0.464 e. The highest BCUT2D eigenvalue weighted by atomic mass is 35.5. The van der Waals surface area contributed by atoms with E-state index in [4.69, 9.17) is 25.8 Å². The molecule has 6 heteroatoms. The van der Waals surface area contributed by atoms with Crippen molar-refractivity contribution in [2.75, 3.05) is 13.4 Å². The minimum Gasteiger partial charge on any atom is -0.464 e. The number of carbonyl (C=O) groups excluding carboxylic acids is 1. The molecule has 1 aliphatic heterocycles. The highest BCUT2D eigenvalue weighted by Crippen LogP contribution is 2.39. The topological polar surface area (TPSA) is 65.0 Å². The van der Waals surface area contributed by atoms with E-state index < -0.39 is 12.1 Å². The number of esters is 1. The van der Waals surface area contributed by atoms with E-state index in [2.05, 4.69) is 0 Å². The average Bonchev–Trinajstić information content (AvgIpc) is 2.74. The molecule has 1 unspecified atom stereocenters. The van der Waals surface area contributed by atoms with Crippen LogP contribution >= 0.6 is 11.6 Å². The number of fused-ring (bicyclic) bond motifs is 1. The van der Waals surface area contributed by atoms with Crippen molar-refractivity contribution in [3.63, 3.8) is 0 Å². The first-order valence-electron chi connectivity index (χ1n) is 5.07. The van der Waals surface area contributed by atoms with Gasteiger partial charge in [0.1, 0.15) is 0 Å². The summed E-state index contributed by atoms with van der Waals surface area (Å²) < 4.78 is 15.0. The molecule has 1 aromatic rings. The summed E-state index contributed by atoms with van der Waals surface area (Å²) in [6.07, 6.45) is -1.42. The number of hydrogen-bond acceptors (Lipinski definition) is 5. The normalized spacial score (nSPS) is 14.5. The zero-order chi connectivity index (χ0) is 12.4. The van der Waals surface area contributed by atoms with E-state index in [0.29, 0.717) is 11.5 Å². The van der Waals surface area contributed by atoms with E-state index in [1.807, 2.05) is 0 Å². The Morgan fingerprint density at radius 3 is 2.82 bits per heavy atom. The first-order chi connectivity index (χ1) is 8.13. The second-order valence-corrected chi connectivity index (χ2v) is 3.79. The Morgan fingerprint density at radius 1 is 1.53 bits per heavy atom. The Labute approximate surface area is 103 Å². The third-order valence-corrected chi connectivity index (χ3v) is 2.62. The summed E-state index contributed by atoms with van der Waals surface area (Å²) >= 11 is 5.94. The molecule has 0 radical (unpaired) electrons. The minimum atomic E-state index is -1.42. The third-order valence-electron chi connectivity index (χ3n) is 2.30. The highest BCUT2D eigenvalue weighted by Gasteiger charge is 2.25. The summed E-state index contributed by atoms with van der Waals surface area (Å²) in [7, 11) is 0. The van der Waals surface area contributed by atoms with Crippen LogP contribution in [0.25, 0.3) is 0 Å². The van der Waals surface area contributed by atoms with Gasteiger partial charge in [-0.25, -0.2) is 4.79 Å². The molecule has 1 N–H and O–H groups in total. The Hall–Kier alpha value is -1.46. The Bertz CT molecular complexity index is 446. The van der Waals surface area contributed by atoms with Gasteiger partial charge in [0.15, 0.2) is 17.6 Å². The maximum Gasteiger partial charge on any atom is 0.339 e. The summed E-state index contributed by atoms with van der Waals surface area (Å²) in [5.41, 5.74) is 0.245. The Morgan fingerprint density at radius 2 is 2.18 bits per heavy atom. The molecule has 1 atom stereocenters. The maximum atomic E-state index is 11.4. The molecule has 2 rings (SSSR count). The average molecular weight is 259 g/mol. The van der Waals surface area contributed by atoms with Crippen molar-refractivity contribution in [3.05, 3.63) is 22.7 Å². The van der Waals surface area contributed by atoms with Crippen LogP contribution in [0.3, 0.4) is 0 Å². The van der Waals surface area contributed by atoms with Crippen molar-refractivity contribution >= 4 is 17.6 Å². The van der Waals surface area contributed by atoms with Crippen molar-refractivity contribution in [1.82, 2.24) is 0 Å². The lowest BCUT2D eigenvalue weighted by atomic mass is 10.1. The van der Waals surface area contributed by atoms with Crippen molar-refractivity contribution in [3.8, 4) is 11.5 Å². The van der Waals surface area contributed by atoms with Crippen LogP contribution in [0.1, 0.15) is 18.6 Å². The van der Waals surface area contributed by atoms with Crippen LogP contribution in [0.2, 0.25) is 5.02 Å². The number of rotatable bonds is 3. The number of carbonyl (C=O) groups is 1. The molecule has 0 bridgehead atoms. The molecule has 92 valence electrons. The van der Waals surface area contributed by atoms with Crippen molar-refractivity contribution in [2.24, 2.45) is 0 Å². The molecule has 0 saturated heterocycles. The van der Waals surface area contributed by atoms with E-state index in [1.54, 1.807) is 6.92 Å². The smallest absolute Gasteiger partial charge is 0.339 e. The van der Waals surface area contributed by atoms with Crippen molar-refractivity contribution < 1.29 is 24.1 Å². The zero-order valence-electron chi connectivity index (χ0n) is 9.10. The monoisotopic (exact) mass is 258 g/mol. The van der Waals surface area contributed by atoms with Crippen LogP contribution in [0.5, 0.6) is 11.5 Å². The molecule has 1 aliphatic rings. The van der Waals surface area contributed by atoms with E-state index in [9.17, 15) is 9.90 Å². The van der Waals surface area contributed by atoms with Crippen molar-refractivity contribution in [2.45, 2.75) is 13.0 Å². The molecule has 17 heavy (non-hydrogen) atoms. The summed E-state index contributed by atoms with van der Waals surface area (Å²) in [5.74, 6) is 0.204. The van der Waals surface area contributed by atoms with Crippen LogP contribution in [0.15, 0.2) is 12.1 Å². The Kier molecular flexibility index (Phi) is 3.40. The quantitative estimate of drug-likeness (QED) is 0.836. The summed E-state index contributed by atoms with van der Waals surface area (Å²) in [6.45, 7) is 1.95. The van der Waals surface area contributed by atoms with Crippen LogP contribution in [-0.4, -0.2) is 24.5 Å². The van der Waals surface area contributed by atoms with Gasteiger partial charge in [0.05, 0.1) is 11.6 Å². The summed E-state index contributed by atoms with van der Waals surface area (Å²) in [5, 5.41) is 10.0. The first kappa shape index (κ1) is 12.0. The number of halogens is 1. The second-order valence-electron chi connectivity index (χ2n) is 3.38. The van der Waals surface area contributed by atoms with Crippen molar-refractivity contribution in [1.29, 1.82) is 0 Å². The molecule has 0 aromatic heterocycles. The minimum absolute atomic E-state index is 0.102. The molecular weight excluding hydrogens is 248 g/mol. The van der Waals surface area contributed by atoms with Gasteiger partial charge < -0.3 is 19.3 Å². The predicted octanol–water partition coefficient (Wildman–Crippen LogP) is 1.67. The van der Waals surface area contributed by atoms with E-state index in [-0.39, 0.29) is 24.0 Å². The molecule has 0 fully saturated rings. The lowest BCUT2D eigenvalue weighted by Gasteiger charge is -2.12. The van der Waals surface area contributed by atoms with Gasteiger partial charge in [0, 0.05) is 11.6 Å². The van der Waals surface area contributed by atoms with Crippen LogP contribution in [0.4, 0.5) is 0 Å². The van der Waals surface area contributed by atoms with E-state index >= 15 is 0 Å². The van der Waals surface area contributed by atoms with E-state index in [0.717, 1.165) is 0 Å². The first-order valence-corrected chi connectivity index (χ1v) is 5.45. The van der Waals surface area contributed by atoms with Crippen LogP contribution in [-0.2, 0) is 9.53 Å². The maximum absolute atomic E-state index is 11.4. The fraction of sp³-hybridized carbons (Fsp3) is 0.364. The van der Waals surface area contributed by atoms with Gasteiger partial charge >= 0.3 is 5.97 Å². The SMILES string of the molecule is CCOC(=O)C(O)c1cc2c(cc1Cl)OCO2. The lowest BCUT2D eigenvalue weighted by molar-refractivity contribution is -0.153. The molecule has 0 spiro atoms. The number of aliphatic hydroxyl groups excluding tert-OH is 1. The van der Waals surface area contributed by atoms with Crippen LogP contribution in [0, 0.1) is 0 Å². The Balaban J connectivity index is 2.29. The van der Waals surface area contributed by atoms with Gasteiger partial charge in [-0.15, -0.1) is 0 Å². The number of hydrogen-bond donors (Lipinski definition) is 1. The zero-order valence-corrected chi connectivity index (χ0v) is 9.86. The summed E-state index contributed by atoms with van der Waals surface area (Å²) in [6, 6.07) is 2.98. The van der Waals surface area contributed by atoms with E-state index in [1.165, 1.54) is 12.1 Å². The van der Waals surface area contributed by atoms with Gasteiger partial charge in [-0.2, -0.15) is 0 Å². The number of ether oxygens (including phenoxy) is 3. The van der Waals surface area contributed by atoms with Gasteiger partial charge in [0.2, 0.25) is 6.79 Å². The molecule has 1 aromatic carbocycles. The predicted molar refractivity (Wildman–Crippen MR) is 59.2 cm³/mol. The molecule has 0 saturated carbocycles. The lowest BCUT2D eigenvalue weighted by Crippen LogP contribution is -2.15. The van der Waals surface area contributed by atoms with Gasteiger partial charge in [-0.3, -0.25) is 0 Å². The number of benzene rings is 1. The second kappa shape index (κ2) is 4.81. The fourth-order valence-electron chi connectivity index (χ4n) is 1.49. The molecule has 5 nitrogen and oxygen atoms in total. The molecule has 0 amide bonds. The highest BCUT2D eigenvalue weighted by molar-refractivity contribution is 6.31. The standard InChI is InChI=1S/C11H11ClO5/c1-2-15-11(14)10(13)6-3-8-9(4-7(6)12)17-5-16-8/h3-4,10,13H,2,5H2,1H3. The summed E-state index contributed by atoms with van der Waals surface area (Å²) in [4.78, 5) is 11.4. The van der Waals surface area contributed by atoms with Gasteiger partial charge in [0.25, 0.3) is 0 Å². The fourth-order valence-corrected chi connectivity index (χ4v) is 1.75. The molecule has 0 aliphatic carbocycles. The van der Waals surface area contributed by atoms with Crippen LogP contribution < -0.4 is 9.47 Å². The van der Waals surface area contributed by atoms with Gasteiger partial charge in [-0.1, -0.05) is 11.6 Å². The molecule has 1 heterocycles. The molecular formula is C11H11ClO5. The third kappa shape index (κ3) is 2.30.